The van der Waals surface area contributed by atoms with Gasteiger partial charge in [0.25, 0.3) is 0 Å². The van der Waals surface area contributed by atoms with E-state index in [-0.39, 0.29) is 29.9 Å². The number of methoxy groups -OCH3 is 1. The minimum atomic E-state index is -4.37. The summed E-state index contributed by atoms with van der Waals surface area (Å²) < 4.78 is 71.8. The molecule has 0 bridgehead atoms. The van der Waals surface area contributed by atoms with E-state index in [1.54, 1.807) is 13.2 Å². The number of aromatic nitrogens is 1. The quantitative estimate of drug-likeness (QED) is 0.0870. The van der Waals surface area contributed by atoms with E-state index in [0.717, 1.165) is 51.9 Å². The van der Waals surface area contributed by atoms with Gasteiger partial charge in [-0.15, -0.1) is 0 Å². The highest BCUT2D eigenvalue weighted by Crippen LogP contribution is 2.39. The van der Waals surface area contributed by atoms with Crippen LogP contribution in [0.4, 0.5) is 37.3 Å². The predicted molar refractivity (Wildman–Crippen MR) is 188 cm³/mol. The molecular formula is C35H46BrF6N3O5. The van der Waals surface area contributed by atoms with E-state index in [1.165, 1.54) is 25.5 Å². The largest absolute Gasteiger partial charge is 0.496 e. The topological polar surface area (TPSA) is 112 Å². The van der Waals surface area contributed by atoms with Gasteiger partial charge in [0.05, 0.1) is 18.0 Å². The van der Waals surface area contributed by atoms with E-state index in [4.69, 9.17) is 29.1 Å². The van der Waals surface area contributed by atoms with Crippen LogP contribution < -0.4 is 10.2 Å². The van der Waals surface area contributed by atoms with Crippen LogP contribution in [-0.2, 0) is 9.53 Å². The Hall–Kier alpha value is -4.01. The summed E-state index contributed by atoms with van der Waals surface area (Å²) in [5, 5.41) is 19.7. The summed E-state index contributed by atoms with van der Waals surface area (Å²) in [7, 11) is 1.63. The van der Waals surface area contributed by atoms with Crippen LogP contribution in [0.2, 0.25) is 0 Å². The number of carboxylic acids is 1. The lowest BCUT2D eigenvalue weighted by atomic mass is 9.92. The number of hydrogen-bond donors (Lipinski definition) is 3. The molecule has 1 amide bonds. The zero-order valence-corrected chi connectivity index (χ0v) is 30.4. The predicted octanol–water partition coefficient (Wildman–Crippen LogP) is 10.1. The van der Waals surface area contributed by atoms with Gasteiger partial charge in [0.1, 0.15) is 18.3 Å². The van der Waals surface area contributed by atoms with Crippen molar-refractivity contribution in [3.05, 3.63) is 87.8 Å². The maximum Gasteiger partial charge on any atom is 0.404 e. The van der Waals surface area contributed by atoms with E-state index in [9.17, 15) is 27.2 Å². The minimum absolute atomic E-state index is 0.0275. The maximum atomic E-state index is 12.5. The molecule has 0 radical (unpaired) electrons. The van der Waals surface area contributed by atoms with Gasteiger partial charge >= 0.3 is 18.2 Å². The monoisotopic (exact) mass is 781 g/mol. The van der Waals surface area contributed by atoms with Crippen molar-refractivity contribution in [3.8, 4) is 0 Å². The summed E-state index contributed by atoms with van der Waals surface area (Å²) >= 11 is 3.75. The van der Waals surface area contributed by atoms with Crippen molar-refractivity contribution in [1.82, 2.24) is 10.3 Å². The number of carboxylic acid groups (broad SMARTS) is 2. The number of allylic oxidation sites excluding steroid dienone is 8. The first-order chi connectivity index (χ1) is 23.5. The Kier molecular flexibility index (Phi) is 21.5. The van der Waals surface area contributed by atoms with E-state index < -0.39 is 37.4 Å². The zero-order chi connectivity index (χ0) is 38.6. The summed E-state index contributed by atoms with van der Waals surface area (Å²) in [6, 6.07) is -0.589. The van der Waals surface area contributed by atoms with E-state index in [1.807, 2.05) is 19.9 Å². The fraction of sp³-hybridized carbons (Fsp3) is 0.457. The molecule has 2 heterocycles. The Balaban J connectivity index is 0.000000966. The second-order valence-corrected chi connectivity index (χ2v) is 12.1. The first kappa shape index (κ1) is 46.0. The number of ether oxygens (including phenoxy) is 1. The van der Waals surface area contributed by atoms with Gasteiger partial charge < -0.3 is 25.2 Å². The Morgan fingerprint density at radius 1 is 1.14 bits per heavy atom. The molecule has 0 saturated carbocycles. The number of rotatable bonds is 16. The molecule has 3 N–H and O–H groups in total. The Bertz CT molecular complexity index is 1420. The molecule has 280 valence electrons. The number of halogens is 7. The van der Waals surface area contributed by atoms with Gasteiger partial charge in [-0.1, -0.05) is 50.5 Å². The standard InChI is InChI=1S/C22H29BrN2O3.C13H17F4NO2.F2/c1-6-8-18(28-5)17(13-14(2)9-10-19(26)27)20-15(3)21(23)22(24-16(20)4)25-11-7-12-25;1-3-10(8-14)7-11(4-5-13(15,16)17)6-9(2)18-12(19)20;1-2/h6,8,13-14H,1,7,9-12H2,2-5H3,(H,26,27);3-4,7,9,18H,1,5-6,8H2,2H3,(H,19,20);/b17-13+,18-8+;10-7+,11-4-;. The van der Waals surface area contributed by atoms with Gasteiger partial charge in [-0.05, 0) is 84.7 Å². The molecule has 2 atom stereocenters. The summed E-state index contributed by atoms with van der Waals surface area (Å²) in [5.74, 6) is 0.955. The number of carbonyl (C=O) groups is 2. The number of hydrogen-bond acceptors (Lipinski definition) is 5. The fourth-order valence-electron chi connectivity index (χ4n) is 4.78. The van der Waals surface area contributed by atoms with E-state index in [0.29, 0.717) is 12.2 Å². The van der Waals surface area contributed by atoms with Crippen molar-refractivity contribution in [2.24, 2.45) is 5.92 Å². The molecule has 1 aromatic heterocycles. The Morgan fingerprint density at radius 3 is 2.20 bits per heavy atom. The van der Waals surface area contributed by atoms with Crippen LogP contribution in [0.15, 0.2) is 71.0 Å². The lowest BCUT2D eigenvalue weighted by molar-refractivity contribution is -0.137. The second kappa shape index (κ2) is 23.4. The molecule has 0 aliphatic carbocycles. The van der Waals surface area contributed by atoms with Gasteiger partial charge in [-0.2, -0.15) is 13.2 Å². The van der Waals surface area contributed by atoms with Gasteiger partial charge in [0.2, 0.25) is 0 Å². The van der Waals surface area contributed by atoms with Crippen LogP contribution >= 0.6 is 15.9 Å². The average molecular weight is 783 g/mol. The number of nitrogens with zero attached hydrogens (tertiary/aromatic N) is 2. The van der Waals surface area contributed by atoms with E-state index in [2.05, 4.69) is 52.3 Å². The van der Waals surface area contributed by atoms with Gasteiger partial charge in [-0.25, -0.2) is 14.2 Å². The van der Waals surface area contributed by atoms with Crippen molar-refractivity contribution in [2.45, 2.75) is 72.0 Å². The molecule has 1 aliphatic heterocycles. The highest BCUT2D eigenvalue weighted by Gasteiger charge is 2.26. The maximum absolute atomic E-state index is 12.5. The smallest absolute Gasteiger partial charge is 0.404 e. The molecule has 15 heteroatoms. The van der Waals surface area contributed by atoms with Crippen LogP contribution in [-0.4, -0.2) is 66.4 Å². The average Bonchev–Trinajstić information content (AvgIpc) is 3.01. The first-order valence-corrected chi connectivity index (χ1v) is 16.3. The van der Waals surface area contributed by atoms with Crippen LogP contribution in [0.25, 0.3) is 5.57 Å². The van der Waals surface area contributed by atoms with E-state index >= 15 is 0 Å². The normalized spacial score (nSPS) is 14.9. The molecule has 1 aliphatic rings. The fourth-order valence-corrected chi connectivity index (χ4v) is 5.32. The summed E-state index contributed by atoms with van der Waals surface area (Å²) in [6.45, 7) is 16.0. The lowest BCUT2D eigenvalue weighted by Gasteiger charge is -2.34. The number of alkyl halides is 4. The van der Waals surface area contributed by atoms with Gasteiger partial charge in [-0.3, -0.25) is 4.79 Å². The second-order valence-electron chi connectivity index (χ2n) is 11.3. The zero-order valence-electron chi connectivity index (χ0n) is 28.8. The van der Waals surface area contributed by atoms with Crippen molar-refractivity contribution in [2.75, 3.05) is 31.8 Å². The minimum Gasteiger partial charge on any atom is -0.496 e. The number of anilines is 1. The molecule has 2 rings (SSSR count). The van der Waals surface area contributed by atoms with Crippen LogP contribution in [0.3, 0.4) is 0 Å². The molecule has 50 heavy (non-hydrogen) atoms. The molecule has 8 nitrogen and oxygen atoms in total. The molecule has 0 spiro atoms. The lowest BCUT2D eigenvalue weighted by Crippen LogP contribution is -2.38. The SMILES string of the molecule is C=C/C(=C\C(=C/CC(F)(F)F)CC(C)NC(=O)O)CF.C=C/C=C(OC)\C(=C/C(C)CCC(=O)O)c1c(C)nc(N2CCC2)c(Br)c1C.FF. The number of aliphatic carboxylic acids is 1. The molecule has 2 unspecified atom stereocenters. The summed E-state index contributed by atoms with van der Waals surface area (Å²) in [4.78, 5) is 28.5. The van der Waals surface area contributed by atoms with Gasteiger partial charge in [0.15, 0.2) is 0 Å². The highest BCUT2D eigenvalue weighted by molar-refractivity contribution is 9.10. The van der Waals surface area contributed by atoms with Crippen LogP contribution in [0, 0.1) is 19.8 Å². The summed E-state index contributed by atoms with van der Waals surface area (Å²) in [5.41, 5.74) is 4.29. The number of amides is 1. The number of nitrogens with one attached hydrogen (secondary N) is 1. The third-order valence-corrected chi connectivity index (χ3v) is 8.22. The molecule has 0 aromatic carbocycles. The Labute approximate surface area is 298 Å². The van der Waals surface area contributed by atoms with Crippen molar-refractivity contribution < 1.29 is 51.2 Å². The summed E-state index contributed by atoms with van der Waals surface area (Å²) in [6.07, 6.45) is 4.07. The first-order valence-electron chi connectivity index (χ1n) is 15.5. The number of pyridine rings is 1. The third kappa shape index (κ3) is 16.6. The van der Waals surface area contributed by atoms with Crippen molar-refractivity contribution in [1.29, 1.82) is 0 Å². The van der Waals surface area contributed by atoms with Crippen molar-refractivity contribution >= 4 is 39.4 Å². The molecular weight excluding hydrogens is 736 g/mol. The van der Waals surface area contributed by atoms with Crippen LogP contribution in [0.1, 0.15) is 62.8 Å². The Morgan fingerprint density at radius 2 is 1.76 bits per heavy atom. The molecule has 1 aromatic rings. The van der Waals surface area contributed by atoms with Crippen molar-refractivity contribution in [3.63, 3.8) is 0 Å². The molecule has 1 fully saturated rings. The van der Waals surface area contributed by atoms with Gasteiger partial charge in [0, 0.05) is 51.5 Å². The number of aryl methyl sites for hydroxylation is 1. The third-order valence-electron chi connectivity index (χ3n) is 7.27. The van der Waals surface area contributed by atoms with Crippen LogP contribution in [0.5, 0.6) is 0 Å². The highest BCUT2D eigenvalue weighted by atomic mass is 79.9. The molecule has 1 saturated heterocycles.